The van der Waals surface area contributed by atoms with Gasteiger partial charge in [0.1, 0.15) is 0 Å². The number of nitrogens with one attached hydrogen (secondary N) is 1. The fraction of sp³-hybridized carbons (Fsp3) is 0.615. The number of hydrogen-bond donors (Lipinski definition) is 1. The Kier molecular flexibility index (Phi) is 4.22. The molecule has 0 amide bonds. The molecule has 0 spiro atoms. The molecule has 1 aliphatic rings. The van der Waals surface area contributed by atoms with Crippen molar-refractivity contribution in [3.05, 3.63) is 22.9 Å². The molecule has 0 saturated heterocycles. The monoisotopic (exact) mass is 282 g/mol. The molecule has 1 aromatic heterocycles. The third kappa shape index (κ3) is 2.97. The molecule has 1 aliphatic carbocycles. The fourth-order valence-electron chi connectivity index (χ4n) is 2.46. The lowest BCUT2D eigenvalue weighted by Gasteiger charge is -2.29. The molecular formula is C13H19BrN2. The summed E-state index contributed by atoms with van der Waals surface area (Å²) in [6.07, 6.45) is 9.25. The average molecular weight is 283 g/mol. The summed E-state index contributed by atoms with van der Waals surface area (Å²) < 4.78 is 1.05. The van der Waals surface area contributed by atoms with E-state index in [-0.39, 0.29) is 0 Å². The van der Waals surface area contributed by atoms with E-state index in [9.17, 15) is 0 Å². The zero-order valence-corrected chi connectivity index (χ0v) is 11.3. The van der Waals surface area contributed by atoms with Gasteiger partial charge in [0.15, 0.2) is 0 Å². The predicted molar refractivity (Wildman–Crippen MR) is 71.5 cm³/mol. The summed E-state index contributed by atoms with van der Waals surface area (Å²) in [5.74, 6) is 1.69. The maximum Gasteiger partial charge on any atom is 0.0590 e. The van der Waals surface area contributed by atoms with Gasteiger partial charge in [-0.15, -0.1) is 0 Å². The molecule has 2 nitrogen and oxygen atoms in total. The highest BCUT2D eigenvalue weighted by Crippen LogP contribution is 2.30. The Labute approximate surface area is 106 Å². The minimum absolute atomic E-state index is 0.828. The SMILES string of the molecule is CC1CCCCC1CNc1ccncc1Br. The third-order valence-corrected chi connectivity index (χ3v) is 4.25. The lowest BCUT2D eigenvalue weighted by Crippen LogP contribution is -2.24. The van der Waals surface area contributed by atoms with E-state index in [0.717, 1.165) is 28.5 Å². The normalized spacial score (nSPS) is 25.4. The second kappa shape index (κ2) is 5.67. The maximum absolute atomic E-state index is 4.07. The topological polar surface area (TPSA) is 24.9 Å². The third-order valence-electron chi connectivity index (χ3n) is 3.62. The predicted octanol–water partition coefficient (Wildman–Crippen LogP) is 4.08. The molecule has 1 saturated carbocycles. The summed E-state index contributed by atoms with van der Waals surface area (Å²) in [6.45, 7) is 3.47. The van der Waals surface area contributed by atoms with Crippen molar-refractivity contribution in [2.75, 3.05) is 11.9 Å². The minimum Gasteiger partial charge on any atom is -0.384 e. The van der Waals surface area contributed by atoms with Crippen LogP contribution in [0.1, 0.15) is 32.6 Å². The first-order chi connectivity index (χ1) is 7.77. The summed E-state index contributed by atoms with van der Waals surface area (Å²) >= 11 is 3.51. The molecule has 0 radical (unpaired) electrons. The van der Waals surface area contributed by atoms with Crippen LogP contribution in [-0.4, -0.2) is 11.5 Å². The van der Waals surface area contributed by atoms with Gasteiger partial charge in [0.05, 0.1) is 10.2 Å². The van der Waals surface area contributed by atoms with Crippen LogP contribution in [0, 0.1) is 11.8 Å². The van der Waals surface area contributed by atoms with Gasteiger partial charge in [-0.25, -0.2) is 0 Å². The summed E-state index contributed by atoms with van der Waals surface area (Å²) in [6, 6.07) is 2.03. The van der Waals surface area contributed by atoms with Gasteiger partial charge < -0.3 is 5.32 Å². The Hall–Kier alpha value is -0.570. The molecular weight excluding hydrogens is 264 g/mol. The average Bonchev–Trinajstić information content (AvgIpc) is 2.30. The molecule has 0 aliphatic heterocycles. The number of aromatic nitrogens is 1. The summed E-state index contributed by atoms with van der Waals surface area (Å²) in [7, 11) is 0. The highest BCUT2D eigenvalue weighted by Gasteiger charge is 2.20. The van der Waals surface area contributed by atoms with Gasteiger partial charge in [0, 0.05) is 18.9 Å². The quantitative estimate of drug-likeness (QED) is 0.904. The van der Waals surface area contributed by atoms with E-state index in [2.05, 4.69) is 33.2 Å². The van der Waals surface area contributed by atoms with Crippen LogP contribution >= 0.6 is 15.9 Å². The van der Waals surface area contributed by atoms with Gasteiger partial charge >= 0.3 is 0 Å². The van der Waals surface area contributed by atoms with E-state index < -0.39 is 0 Å². The van der Waals surface area contributed by atoms with E-state index in [1.165, 1.54) is 25.7 Å². The van der Waals surface area contributed by atoms with E-state index in [1.807, 2.05) is 18.5 Å². The number of rotatable bonds is 3. The molecule has 1 heterocycles. The largest absolute Gasteiger partial charge is 0.384 e. The molecule has 0 bridgehead atoms. The van der Waals surface area contributed by atoms with Crippen molar-refractivity contribution in [3.8, 4) is 0 Å². The Morgan fingerprint density at radius 2 is 2.25 bits per heavy atom. The van der Waals surface area contributed by atoms with E-state index in [4.69, 9.17) is 0 Å². The van der Waals surface area contributed by atoms with Crippen LogP contribution in [0.3, 0.4) is 0 Å². The van der Waals surface area contributed by atoms with Crippen molar-refractivity contribution >= 4 is 21.6 Å². The zero-order chi connectivity index (χ0) is 11.4. The van der Waals surface area contributed by atoms with E-state index in [1.54, 1.807) is 0 Å². The Bertz CT molecular complexity index is 340. The molecule has 1 aromatic rings. The van der Waals surface area contributed by atoms with Gasteiger partial charge in [-0.2, -0.15) is 0 Å². The van der Waals surface area contributed by atoms with Crippen LogP contribution in [0.4, 0.5) is 5.69 Å². The first kappa shape index (κ1) is 11.9. The van der Waals surface area contributed by atoms with Crippen molar-refractivity contribution in [1.29, 1.82) is 0 Å². The van der Waals surface area contributed by atoms with Gasteiger partial charge in [-0.3, -0.25) is 4.98 Å². The minimum atomic E-state index is 0.828. The molecule has 1 N–H and O–H groups in total. The summed E-state index contributed by atoms with van der Waals surface area (Å²) in [5.41, 5.74) is 1.16. The maximum atomic E-state index is 4.07. The van der Waals surface area contributed by atoms with Crippen LogP contribution < -0.4 is 5.32 Å². The highest BCUT2D eigenvalue weighted by molar-refractivity contribution is 9.10. The van der Waals surface area contributed by atoms with Gasteiger partial charge in [0.2, 0.25) is 0 Å². The Morgan fingerprint density at radius 1 is 1.44 bits per heavy atom. The van der Waals surface area contributed by atoms with E-state index >= 15 is 0 Å². The Balaban J connectivity index is 1.89. The molecule has 88 valence electrons. The lowest BCUT2D eigenvalue weighted by atomic mass is 9.80. The second-order valence-electron chi connectivity index (χ2n) is 4.76. The number of anilines is 1. The van der Waals surface area contributed by atoms with Gasteiger partial charge in [0.25, 0.3) is 0 Å². The fourth-order valence-corrected chi connectivity index (χ4v) is 2.85. The zero-order valence-electron chi connectivity index (χ0n) is 9.75. The van der Waals surface area contributed by atoms with Crippen molar-refractivity contribution in [3.63, 3.8) is 0 Å². The van der Waals surface area contributed by atoms with Crippen LogP contribution in [0.15, 0.2) is 22.9 Å². The van der Waals surface area contributed by atoms with Crippen LogP contribution in [-0.2, 0) is 0 Å². The van der Waals surface area contributed by atoms with Gasteiger partial charge in [-0.05, 0) is 40.3 Å². The standard InChI is InChI=1S/C13H19BrN2/c1-10-4-2-3-5-11(10)8-16-13-6-7-15-9-12(13)14/h6-7,9-11H,2-5,8H2,1H3,(H,15,16). The van der Waals surface area contributed by atoms with Crippen LogP contribution in [0.25, 0.3) is 0 Å². The molecule has 1 fully saturated rings. The van der Waals surface area contributed by atoms with Crippen LogP contribution in [0.2, 0.25) is 0 Å². The smallest absolute Gasteiger partial charge is 0.0590 e. The number of nitrogens with zero attached hydrogens (tertiary/aromatic N) is 1. The number of pyridine rings is 1. The molecule has 16 heavy (non-hydrogen) atoms. The molecule has 2 unspecified atom stereocenters. The van der Waals surface area contributed by atoms with Gasteiger partial charge in [-0.1, -0.05) is 26.2 Å². The summed E-state index contributed by atoms with van der Waals surface area (Å²) in [5, 5.41) is 3.53. The molecule has 2 atom stereocenters. The molecule has 0 aromatic carbocycles. The second-order valence-corrected chi connectivity index (χ2v) is 5.61. The highest BCUT2D eigenvalue weighted by atomic mass is 79.9. The number of hydrogen-bond acceptors (Lipinski definition) is 2. The van der Waals surface area contributed by atoms with Crippen molar-refractivity contribution in [1.82, 2.24) is 4.98 Å². The number of halogens is 1. The van der Waals surface area contributed by atoms with Crippen LogP contribution in [0.5, 0.6) is 0 Å². The van der Waals surface area contributed by atoms with Crippen molar-refractivity contribution < 1.29 is 0 Å². The summed E-state index contributed by atoms with van der Waals surface area (Å²) in [4.78, 5) is 4.07. The Morgan fingerprint density at radius 3 is 3.00 bits per heavy atom. The first-order valence-corrected chi connectivity index (χ1v) is 6.90. The van der Waals surface area contributed by atoms with Crippen molar-refractivity contribution in [2.24, 2.45) is 11.8 Å². The molecule has 2 rings (SSSR count). The first-order valence-electron chi connectivity index (χ1n) is 6.11. The van der Waals surface area contributed by atoms with E-state index in [0.29, 0.717) is 0 Å². The van der Waals surface area contributed by atoms with Crippen molar-refractivity contribution in [2.45, 2.75) is 32.6 Å². The lowest BCUT2D eigenvalue weighted by molar-refractivity contribution is 0.268. The molecule has 3 heteroatoms.